The molecule has 2 rings (SSSR count). The fourth-order valence-electron chi connectivity index (χ4n) is 1.27. The molecule has 1 unspecified atom stereocenters. The van der Waals surface area contributed by atoms with Crippen molar-refractivity contribution < 1.29 is 4.74 Å². The van der Waals surface area contributed by atoms with Gasteiger partial charge in [-0.1, -0.05) is 24.3 Å². The molecule has 1 aromatic rings. The Morgan fingerprint density at radius 1 is 1.33 bits per heavy atom. The second-order valence-electron chi connectivity index (χ2n) is 2.79. The van der Waals surface area contributed by atoms with Gasteiger partial charge in [-0.25, -0.2) is 0 Å². The minimum Gasteiger partial charge on any atom is -0.484 e. The van der Waals surface area contributed by atoms with E-state index >= 15 is 0 Å². The SMILES string of the molecule is NCC1C=Cc2ccccc2O1. The lowest BCUT2D eigenvalue weighted by Gasteiger charge is -2.19. The third-order valence-electron chi connectivity index (χ3n) is 1.92. The van der Waals surface area contributed by atoms with Crippen LogP contribution in [0, 0.1) is 0 Å². The fourth-order valence-corrected chi connectivity index (χ4v) is 1.27. The van der Waals surface area contributed by atoms with E-state index < -0.39 is 0 Å². The fraction of sp³-hybridized carbons (Fsp3) is 0.200. The largest absolute Gasteiger partial charge is 0.484 e. The summed E-state index contributed by atoms with van der Waals surface area (Å²) in [4.78, 5) is 0. The molecule has 0 radical (unpaired) electrons. The van der Waals surface area contributed by atoms with Gasteiger partial charge in [0, 0.05) is 12.1 Å². The first-order valence-electron chi connectivity index (χ1n) is 4.04. The average molecular weight is 161 g/mol. The summed E-state index contributed by atoms with van der Waals surface area (Å²) >= 11 is 0. The van der Waals surface area contributed by atoms with E-state index in [1.807, 2.05) is 30.3 Å². The van der Waals surface area contributed by atoms with Crippen molar-refractivity contribution in [2.45, 2.75) is 6.10 Å². The van der Waals surface area contributed by atoms with Gasteiger partial charge >= 0.3 is 0 Å². The predicted octanol–water partition coefficient (Wildman–Crippen LogP) is 1.42. The number of hydrogen-bond acceptors (Lipinski definition) is 2. The molecule has 0 saturated heterocycles. The van der Waals surface area contributed by atoms with Gasteiger partial charge < -0.3 is 10.5 Å². The molecule has 2 nitrogen and oxygen atoms in total. The lowest BCUT2D eigenvalue weighted by atomic mass is 10.1. The van der Waals surface area contributed by atoms with Crippen LogP contribution < -0.4 is 10.5 Å². The Morgan fingerprint density at radius 2 is 2.17 bits per heavy atom. The Kier molecular flexibility index (Phi) is 1.84. The van der Waals surface area contributed by atoms with Crippen molar-refractivity contribution in [3.63, 3.8) is 0 Å². The van der Waals surface area contributed by atoms with Gasteiger partial charge in [0.2, 0.25) is 0 Å². The van der Waals surface area contributed by atoms with Crippen molar-refractivity contribution >= 4 is 6.08 Å². The molecule has 0 aromatic heterocycles. The molecule has 0 saturated carbocycles. The van der Waals surface area contributed by atoms with Crippen LogP contribution in [-0.4, -0.2) is 12.6 Å². The second kappa shape index (κ2) is 2.99. The van der Waals surface area contributed by atoms with Gasteiger partial charge in [-0.15, -0.1) is 0 Å². The molecule has 0 bridgehead atoms. The molecular formula is C10H11NO. The molecule has 0 amide bonds. The van der Waals surface area contributed by atoms with Crippen LogP contribution in [0.4, 0.5) is 0 Å². The van der Waals surface area contributed by atoms with E-state index in [9.17, 15) is 0 Å². The number of rotatable bonds is 1. The normalized spacial score (nSPS) is 19.9. The maximum Gasteiger partial charge on any atom is 0.129 e. The number of nitrogens with two attached hydrogens (primary N) is 1. The van der Waals surface area contributed by atoms with Crippen LogP contribution in [0.25, 0.3) is 6.08 Å². The maximum atomic E-state index is 5.57. The Labute approximate surface area is 71.6 Å². The summed E-state index contributed by atoms with van der Waals surface area (Å²) in [5, 5.41) is 0. The van der Waals surface area contributed by atoms with Gasteiger partial charge in [0.25, 0.3) is 0 Å². The van der Waals surface area contributed by atoms with E-state index in [1.165, 1.54) is 0 Å². The zero-order valence-electron chi connectivity index (χ0n) is 6.73. The average Bonchev–Trinajstić information content (AvgIpc) is 2.17. The topological polar surface area (TPSA) is 35.2 Å². The zero-order chi connectivity index (χ0) is 8.39. The molecule has 62 valence electrons. The first kappa shape index (κ1) is 7.37. The minimum atomic E-state index is 0.0416. The summed E-state index contributed by atoms with van der Waals surface area (Å²) in [6.45, 7) is 0.533. The summed E-state index contributed by atoms with van der Waals surface area (Å²) in [5.74, 6) is 0.926. The maximum absolute atomic E-state index is 5.57. The summed E-state index contributed by atoms with van der Waals surface area (Å²) in [6.07, 6.45) is 4.08. The lowest BCUT2D eigenvalue weighted by molar-refractivity contribution is 0.254. The Bertz CT molecular complexity index is 306. The van der Waals surface area contributed by atoms with E-state index in [0.717, 1.165) is 11.3 Å². The van der Waals surface area contributed by atoms with Crippen molar-refractivity contribution in [3.05, 3.63) is 35.9 Å². The smallest absolute Gasteiger partial charge is 0.129 e. The molecule has 0 spiro atoms. The number of benzene rings is 1. The van der Waals surface area contributed by atoms with E-state index in [2.05, 4.69) is 6.08 Å². The highest BCUT2D eigenvalue weighted by molar-refractivity contribution is 5.59. The first-order chi connectivity index (χ1) is 5.90. The molecule has 0 aliphatic carbocycles. The summed E-state index contributed by atoms with van der Waals surface area (Å²) in [6, 6.07) is 7.95. The third-order valence-corrected chi connectivity index (χ3v) is 1.92. The summed E-state index contributed by atoms with van der Waals surface area (Å²) in [5.41, 5.74) is 6.61. The molecule has 12 heavy (non-hydrogen) atoms. The van der Waals surface area contributed by atoms with Crippen LogP contribution in [0.1, 0.15) is 5.56 Å². The van der Waals surface area contributed by atoms with Crippen LogP contribution in [0.2, 0.25) is 0 Å². The van der Waals surface area contributed by atoms with E-state index in [-0.39, 0.29) is 6.10 Å². The van der Waals surface area contributed by atoms with Crippen molar-refractivity contribution in [1.82, 2.24) is 0 Å². The zero-order valence-corrected chi connectivity index (χ0v) is 6.73. The first-order valence-corrected chi connectivity index (χ1v) is 4.04. The molecule has 1 aliphatic heterocycles. The number of fused-ring (bicyclic) bond motifs is 1. The van der Waals surface area contributed by atoms with E-state index in [0.29, 0.717) is 6.54 Å². The predicted molar refractivity (Wildman–Crippen MR) is 48.9 cm³/mol. The van der Waals surface area contributed by atoms with Crippen LogP contribution in [0.15, 0.2) is 30.3 Å². The molecule has 1 heterocycles. The second-order valence-corrected chi connectivity index (χ2v) is 2.79. The summed E-state index contributed by atoms with van der Waals surface area (Å²) < 4.78 is 5.57. The minimum absolute atomic E-state index is 0.0416. The Hall–Kier alpha value is -1.28. The Morgan fingerprint density at radius 3 is 3.00 bits per heavy atom. The number of hydrogen-bond donors (Lipinski definition) is 1. The molecular weight excluding hydrogens is 150 g/mol. The highest BCUT2D eigenvalue weighted by atomic mass is 16.5. The molecule has 2 N–H and O–H groups in total. The van der Waals surface area contributed by atoms with Crippen LogP contribution in [0.5, 0.6) is 5.75 Å². The third kappa shape index (κ3) is 1.21. The highest BCUT2D eigenvalue weighted by Gasteiger charge is 2.11. The lowest BCUT2D eigenvalue weighted by Crippen LogP contribution is -2.26. The highest BCUT2D eigenvalue weighted by Crippen LogP contribution is 2.24. The van der Waals surface area contributed by atoms with Crippen molar-refractivity contribution in [2.75, 3.05) is 6.54 Å². The van der Waals surface area contributed by atoms with Crippen LogP contribution in [0.3, 0.4) is 0 Å². The van der Waals surface area contributed by atoms with E-state index in [1.54, 1.807) is 0 Å². The van der Waals surface area contributed by atoms with Gasteiger partial charge in [0.1, 0.15) is 11.9 Å². The number of para-hydroxylation sites is 1. The molecule has 1 aliphatic rings. The summed E-state index contributed by atoms with van der Waals surface area (Å²) in [7, 11) is 0. The number of ether oxygens (including phenoxy) is 1. The van der Waals surface area contributed by atoms with E-state index in [4.69, 9.17) is 10.5 Å². The monoisotopic (exact) mass is 161 g/mol. The van der Waals surface area contributed by atoms with Crippen molar-refractivity contribution in [3.8, 4) is 5.75 Å². The van der Waals surface area contributed by atoms with Gasteiger partial charge in [-0.05, 0) is 12.1 Å². The standard InChI is InChI=1S/C10H11NO/c11-7-9-6-5-8-3-1-2-4-10(8)12-9/h1-6,9H,7,11H2. The molecule has 2 heteroatoms. The van der Waals surface area contributed by atoms with Crippen LogP contribution >= 0.6 is 0 Å². The quantitative estimate of drug-likeness (QED) is 0.676. The Balaban J connectivity index is 2.33. The van der Waals surface area contributed by atoms with Gasteiger partial charge in [0.05, 0.1) is 0 Å². The van der Waals surface area contributed by atoms with Crippen molar-refractivity contribution in [2.24, 2.45) is 5.73 Å². The molecule has 0 fully saturated rings. The molecule has 1 atom stereocenters. The molecule has 1 aromatic carbocycles. The van der Waals surface area contributed by atoms with Crippen molar-refractivity contribution in [1.29, 1.82) is 0 Å². The van der Waals surface area contributed by atoms with Crippen LogP contribution in [-0.2, 0) is 0 Å². The van der Waals surface area contributed by atoms with Gasteiger partial charge in [-0.2, -0.15) is 0 Å². The van der Waals surface area contributed by atoms with Gasteiger partial charge in [-0.3, -0.25) is 0 Å². The van der Waals surface area contributed by atoms with Gasteiger partial charge in [0.15, 0.2) is 0 Å².